The van der Waals surface area contributed by atoms with E-state index in [0.717, 1.165) is 130 Å². The first-order chi connectivity index (χ1) is 49.8. The molecule has 12 rings (SSSR count). The quantitative estimate of drug-likeness (QED) is 0.0488. The van der Waals surface area contributed by atoms with Crippen LogP contribution in [0.3, 0.4) is 0 Å². The summed E-state index contributed by atoms with van der Waals surface area (Å²) in [6, 6.07) is 53.0. The first-order valence-electron chi connectivity index (χ1n) is 35.4. The Balaban J connectivity index is 0.000000173. The standard InChI is InChI=1S/C23H32N2O2S.2C19H24N2O3S.C18H22N2O2S.CO2/c1-4-5-6-7-8-11-16-24-23-19-12-9-10-13-21(19)25(3)28(26,27)22-17-18(2)14-15-20(22)23;2*1-14-9-10-16-18(13-14)25(22,23)21(2)17-8-5-4-7-15(17)19(16)20-11-6-12-24-3;1-4-11-19-18-14-7-5-6-8-16(14)20(3)23(21,22)17-12-13(2)9-10-15(17)18;2-1-3/h9-10,12-15,17,23-24H,4-8,11,16H2,1-3H3;2*4-5,7-10,13,19-20H,6,11-12H2,1-3H3;5-10,12,18-19H,4,11H2,1-3H3;. The highest BCUT2D eigenvalue weighted by Crippen LogP contribution is 2.45. The predicted octanol–water partition coefficient (Wildman–Crippen LogP) is 13.5. The van der Waals surface area contributed by atoms with Crippen LogP contribution in [0.25, 0.3) is 0 Å². The van der Waals surface area contributed by atoms with Crippen LogP contribution < -0.4 is 38.5 Å². The lowest BCUT2D eigenvalue weighted by atomic mass is 9.96. The summed E-state index contributed by atoms with van der Waals surface area (Å²) in [6.45, 7) is 16.5. The van der Waals surface area contributed by atoms with E-state index in [0.29, 0.717) is 44.2 Å². The number of ether oxygens (including phenoxy) is 2. The fourth-order valence-electron chi connectivity index (χ4n) is 13.5. The second-order valence-corrected chi connectivity index (χ2v) is 34.1. The largest absolute Gasteiger partial charge is 0.385 e. The Morgan fingerprint density at radius 2 is 0.567 bits per heavy atom. The van der Waals surface area contributed by atoms with Crippen molar-refractivity contribution in [2.45, 2.75) is 143 Å². The second-order valence-electron chi connectivity index (χ2n) is 26.4. The van der Waals surface area contributed by atoms with Gasteiger partial charge in [0, 0.05) is 55.6 Å². The SMILES string of the molecule is CCCCCCCCNC1c2ccccc2N(C)S(=O)(=O)c2cc(C)ccc21.CCCNC1c2ccccc2N(C)S(=O)(=O)c2cc(C)ccc21.COCCCNC1c2ccccc2N(C)S(=O)(=O)c2cc(C)ccc21.COCCCNC1c2ccccc2N(C)S(=O)(=O)c2cc(C)ccc21.O=C=O. The van der Waals surface area contributed by atoms with Gasteiger partial charge in [0.2, 0.25) is 0 Å². The number of aryl methyl sites for hydroxylation is 4. The summed E-state index contributed by atoms with van der Waals surface area (Å²) >= 11 is 0. The van der Waals surface area contributed by atoms with E-state index in [1.54, 1.807) is 66.7 Å². The molecule has 0 spiro atoms. The molecule has 24 heteroatoms. The number of rotatable bonds is 21. The smallest absolute Gasteiger partial charge is 0.373 e. The zero-order valence-electron chi connectivity index (χ0n) is 61.9. The van der Waals surface area contributed by atoms with Crippen LogP contribution in [0, 0.1) is 27.7 Å². The third kappa shape index (κ3) is 18.6. The van der Waals surface area contributed by atoms with Crippen LogP contribution in [0.2, 0.25) is 0 Å². The van der Waals surface area contributed by atoms with Crippen LogP contribution in [-0.2, 0) is 59.2 Å². The molecule has 4 unspecified atom stereocenters. The Morgan fingerprint density at radius 1 is 0.327 bits per heavy atom. The molecule has 0 saturated heterocycles. The Kier molecular flexibility index (Phi) is 29.2. The number of hydrogen-bond acceptors (Lipinski definition) is 16. The van der Waals surface area contributed by atoms with Crippen molar-refractivity contribution in [1.29, 1.82) is 0 Å². The van der Waals surface area contributed by atoms with Gasteiger partial charge in [0.15, 0.2) is 0 Å². The normalized spacial score (nSPS) is 17.8. The van der Waals surface area contributed by atoms with Crippen molar-refractivity contribution in [3.05, 3.63) is 237 Å². The number of nitrogens with zero attached hydrogens (tertiary/aromatic N) is 4. The number of unbranched alkanes of at least 4 members (excludes halogenated alkanes) is 5. The van der Waals surface area contributed by atoms with E-state index in [4.69, 9.17) is 19.1 Å². The molecule has 104 heavy (non-hydrogen) atoms. The molecule has 4 N–H and O–H groups in total. The summed E-state index contributed by atoms with van der Waals surface area (Å²) < 4.78 is 121. The lowest BCUT2D eigenvalue weighted by Gasteiger charge is -2.22. The third-order valence-electron chi connectivity index (χ3n) is 19.0. The van der Waals surface area contributed by atoms with Gasteiger partial charge < -0.3 is 30.7 Å². The molecule has 8 aromatic rings. The highest BCUT2D eigenvalue weighted by Gasteiger charge is 2.39. The van der Waals surface area contributed by atoms with E-state index in [1.165, 1.54) is 49.3 Å². The van der Waals surface area contributed by atoms with Gasteiger partial charge in [-0.15, -0.1) is 0 Å². The highest BCUT2D eigenvalue weighted by atomic mass is 32.2. The number of para-hydroxylation sites is 4. The van der Waals surface area contributed by atoms with Crippen LogP contribution in [0.1, 0.15) is 163 Å². The lowest BCUT2D eigenvalue weighted by Crippen LogP contribution is -2.26. The molecule has 0 amide bonds. The maximum atomic E-state index is 13.3. The molecule has 0 fully saturated rings. The van der Waals surface area contributed by atoms with Gasteiger partial charge in [0.25, 0.3) is 40.1 Å². The van der Waals surface area contributed by atoms with Crippen molar-refractivity contribution in [3.63, 3.8) is 0 Å². The maximum Gasteiger partial charge on any atom is 0.373 e. The van der Waals surface area contributed by atoms with Crippen LogP contribution in [0.5, 0.6) is 0 Å². The van der Waals surface area contributed by atoms with Crippen molar-refractivity contribution in [2.75, 3.05) is 99.0 Å². The van der Waals surface area contributed by atoms with E-state index in [-0.39, 0.29) is 30.3 Å². The zero-order chi connectivity index (χ0) is 75.5. The van der Waals surface area contributed by atoms with E-state index in [9.17, 15) is 33.7 Å². The molecule has 4 atom stereocenters. The summed E-state index contributed by atoms with van der Waals surface area (Å²) in [4.78, 5) is 17.8. The van der Waals surface area contributed by atoms with Crippen LogP contribution in [-0.4, -0.2) is 122 Å². The molecular weight excluding hydrogens is 1390 g/mol. The Hall–Kier alpha value is -8.10. The van der Waals surface area contributed by atoms with E-state index < -0.39 is 40.1 Å². The van der Waals surface area contributed by atoms with E-state index >= 15 is 0 Å². The molecule has 0 aliphatic carbocycles. The number of carbonyl (C=O) groups excluding carboxylic acids is 2. The molecule has 4 aliphatic heterocycles. The molecule has 0 bridgehead atoms. The molecule has 0 radical (unpaired) electrons. The van der Waals surface area contributed by atoms with Crippen molar-refractivity contribution in [3.8, 4) is 0 Å². The number of anilines is 4. The summed E-state index contributed by atoms with van der Waals surface area (Å²) in [5.74, 6) is 0. The minimum absolute atomic E-state index is 0.123. The van der Waals surface area contributed by atoms with Gasteiger partial charge in [-0.05, 0) is 195 Å². The number of benzene rings is 8. The van der Waals surface area contributed by atoms with E-state index in [1.807, 2.05) is 173 Å². The van der Waals surface area contributed by atoms with Gasteiger partial charge in [-0.2, -0.15) is 9.59 Å². The Morgan fingerprint density at radius 3 is 0.827 bits per heavy atom. The third-order valence-corrected chi connectivity index (χ3v) is 26.4. The van der Waals surface area contributed by atoms with Gasteiger partial charge in [-0.25, -0.2) is 33.7 Å². The minimum atomic E-state index is -3.59. The van der Waals surface area contributed by atoms with Gasteiger partial charge in [-0.3, -0.25) is 17.2 Å². The average Bonchev–Trinajstić information content (AvgIpc) is 1.63. The molecule has 4 aliphatic rings. The van der Waals surface area contributed by atoms with Crippen molar-refractivity contribution in [1.82, 2.24) is 21.3 Å². The van der Waals surface area contributed by atoms with Crippen LogP contribution >= 0.6 is 0 Å². The van der Waals surface area contributed by atoms with Crippen LogP contribution in [0.4, 0.5) is 22.7 Å². The fourth-order valence-corrected chi connectivity index (χ4v) is 19.7. The molecule has 0 aromatic heterocycles. The number of methoxy groups -OCH3 is 2. The van der Waals surface area contributed by atoms with Crippen molar-refractivity contribution in [2.24, 2.45) is 0 Å². The Labute approximate surface area is 617 Å². The predicted molar refractivity (Wildman–Crippen MR) is 414 cm³/mol. The van der Waals surface area contributed by atoms with Gasteiger partial charge in [-0.1, -0.05) is 167 Å². The Bertz CT molecular complexity index is 4600. The minimum Gasteiger partial charge on any atom is -0.385 e. The second kappa shape index (κ2) is 37.2. The van der Waals surface area contributed by atoms with Crippen molar-refractivity contribution >= 4 is 69.0 Å². The monoisotopic (exact) mass is 1490 g/mol. The van der Waals surface area contributed by atoms with Crippen LogP contribution in [0.15, 0.2) is 189 Å². The lowest BCUT2D eigenvalue weighted by molar-refractivity contribution is -0.191. The summed E-state index contributed by atoms with van der Waals surface area (Å²) in [7, 11) is -4.45. The van der Waals surface area contributed by atoms with Gasteiger partial charge >= 0.3 is 6.15 Å². The first kappa shape index (κ1) is 81.6. The number of fused-ring (bicyclic) bond motifs is 8. The maximum absolute atomic E-state index is 13.3. The van der Waals surface area contributed by atoms with E-state index in [2.05, 4.69) is 35.1 Å². The molecule has 0 saturated carbocycles. The zero-order valence-corrected chi connectivity index (χ0v) is 65.2. The highest BCUT2D eigenvalue weighted by molar-refractivity contribution is 7.93. The van der Waals surface area contributed by atoms with Gasteiger partial charge in [0.05, 0.1) is 66.5 Å². The molecular formula is C80H102N8O12S4. The number of nitrogens with one attached hydrogen (secondary N) is 4. The summed E-state index contributed by atoms with van der Waals surface area (Å²) in [5, 5.41) is 14.2. The first-order valence-corrected chi connectivity index (χ1v) is 41.2. The van der Waals surface area contributed by atoms with Crippen molar-refractivity contribution < 1.29 is 52.7 Å². The average molecular weight is 1500 g/mol. The number of sulfonamides is 4. The summed E-state index contributed by atoms with van der Waals surface area (Å²) in [5.41, 5.74) is 13.8. The number of hydrogen-bond donors (Lipinski definition) is 4. The van der Waals surface area contributed by atoms with Gasteiger partial charge in [0.1, 0.15) is 0 Å². The molecule has 558 valence electrons. The summed E-state index contributed by atoms with van der Waals surface area (Å²) in [6.07, 6.45) is 10.4. The molecule has 20 nitrogen and oxygen atoms in total. The molecule has 4 heterocycles. The molecule has 8 aromatic carbocycles. The topological polar surface area (TPSA) is 250 Å². The fraction of sp³-hybridized carbons (Fsp3) is 0.388.